The maximum absolute atomic E-state index is 12.7. The molecule has 144 valence electrons. The van der Waals surface area contributed by atoms with Gasteiger partial charge in [0.05, 0.1) is 22.8 Å². The molecule has 2 aromatic heterocycles. The van der Waals surface area contributed by atoms with Crippen molar-refractivity contribution in [2.24, 2.45) is 11.8 Å². The summed E-state index contributed by atoms with van der Waals surface area (Å²) in [4.78, 5) is 17.6. The van der Waals surface area contributed by atoms with E-state index in [1.54, 1.807) is 0 Å². The van der Waals surface area contributed by atoms with Crippen LogP contribution in [0, 0.1) is 11.8 Å². The van der Waals surface area contributed by atoms with Crippen LogP contribution in [-0.2, 0) is 6.18 Å². The van der Waals surface area contributed by atoms with Gasteiger partial charge in [-0.25, -0.2) is 9.97 Å². The molecule has 5 nitrogen and oxygen atoms in total. The SMILES string of the molecule is FC(F)(F)c1ccc(N2CC3CN(c4cnc5ccccc5n4)CC3C2)nc1. The molecule has 2 aliphatic rings. The van der Waals surface area contributed by atoms with Gasteiger partial charge in [-0.3, -0.25) is 4.98 Å². The van der Waals surface area contributed by atoms with Crippen molar-refractivity contribution in [3.8, 4) is 0 Å². The lowest BCUT2D eigenvalue weighted by Gasteiger charge is -2.23. The Hall–Kier alpha value is -2.90. The van der Waals surface area contributed by atoms with Gasteiger partial charge >= 0.3 is 6.18 Å². The predicted molar refractivity (Wildman–Crippen MR) is 100 cm³/mol. The van der Waals surface area contributed by atoms with Crippen LogP contribution in [0.25, 0.3) is 11.0 Å². The number of hydrogen-bond donors (Lipinski definition) is 0. The quantitative estimate of drug-likeness (QED) is 0.674. The van der Waals surface area contributed by atoms with Crippen molar-refractivity contribution in [2.75, 3.05) is 36.0 Å². The summed E-state index contributed by atoms with van der Waals surface area (Å²) in [6.45, 7) is 3.32. The van der Waals surface area contributed by atoms with Crippen LogP contribution in [0.5, 0.6) is 0 Å². The molecule has 0 N–H and O–H groups in total. The molecule has 0 aliphatic carbocycles. The molecule has 2 atom stereocenters. The fourth-order valence-corrected chi connectivity index (χ4v) is 4.21. The third kappa shape index (κ3) is 3.02. The van der Waals surface area contributed by atoms with Crippen LogP contribution in [0.2, 0.25) is 0 Å². The van der Waals surface area contributed by atoms with E-state index in [-0.39, 0.29) is 0 Å². The number of pyridine rings is 1. The zero-order valence-corrected chi connectivity index (χ0v) is 15.0. The van der Waals surface area contributed by atoms with Crippen LogP contribution in [0.4, 0.5) is 24.8 Å². The Morgan fingerprint density at radius 2 is 1.39 bits per heavy atom. The Labute approximate surface area is 159 Å². The average molecular weight is 385 g/mol. The largest absolute Gasteiger partial charge is 0.417 e. The minimum Gasteiger partial charge on any atom is -0.356 e. The van der Waals surface area contributed by atoms with Crippen LogP contribution in [0.1, 0.15) is 5.56 Å². The Kier molecular flexibility index (Phi) is 3.89. The highest BCUT2D eigenvalue weighted by molar-refractivity contribution is 5.75. The third-order valence-electron chi connectivity index (χ3n) is 5.65. The summed E-state index contributed by atoms with van der Waals surface area (Å²) in [6.07, 6.45) is -1.62. The van der Waals surface area contributed by atoms with Gasteiger partial charge in [0.2, 0.25) is 0 Å². The van der Waals surface area contributed by atoms with Crippen molar-refractivity contribution in [1.29, 1.82) is 0 Å². The van der Waals surface area contributed by atoms with Crippen molar-refractivity contribution in [2.45, 2.75) is 6.18 Å². The van der Waals surface area contributed by atoms with Crippen molar-refractivity contribution < 1.29 is 13.2 Å². The molecule has 0 bridgehead atoms. The van der Waals surface area contributed by atoms with E-state index in [1.807, 2.05) is 30.5 Å². The average Bonchev–Trinajstić information content (AvgIpc) is 3.26. The predicted octanol–water partition coefficient (Wildman–Crippen LogP) is 3.62. The molecule has 1 aromatic carbocycles. The second-order valence-corrected chi connectivity index (χ2v) is 7.45. The van der Waals surface area contributed by atoms with Crippen molar-refractivity contribution in [1.82, 2.24) is 15.0 Å². The molecule has 8 heteroatoms. The van der Waals surface area contributed by atoms with Gasteiger partial charge < -0.3 is 9.80 Å². The monoisotopic (exact) mass is 385 g/mol. The minimum absolute atomic E-state index is 0.442. The van der Waals surface area contributed by atoms with E-state index in [0.29, 0.717) is 17.7 Å². The van der Waals surface area contributed by atoms with Gasteiger partial charge in [0.15, 0.2) is 0 Å². The molecule has 2 fully saturated rings. The molecule has 0 amide bonds. The van der Waals surface area contributed by atoms with Gasteiger partial charge in [-0.05, 0) is 24.3 Å². The fourth-order valence-electron chi connectivity index (χ4n) is 4.21. The first-order valence-electron chi connectivity index (χ1n) is 9.22. The second kappa shape index (κ2) is 6.32. The number of halogens is 3. The summed E-state index contributed by atoms with van der Waals surface area (Å²) < 4.78 is 38.1. The van der Waals surface area contributed by atoms with Crippen LogP contribution in [0.3, 0.4) is 0 Å². The van der Waals surface area contributed by atoms with E-state index in [2.05, 4.69) is 19.8 Å². The number of para-hydroxylation sites is 2. The fraction of sp³-hybridized carbons (Fsp3) is 0.350. The molecule has 0 spiro atoms. The van der Waals surface area contributed by atoms with E-state index in [0.717, 1.165) is 55.3 Å². The lowest BCUT2D eigenvalue weighted by molar-refractivity contribution is -0.137. The molecule has 2 aliphatic heterocycles. The smallest absolute Gasteiger partial charge is 0.356 e. The van der Waals surface area contributed by atoms with E-state index >= 15 is 0 Å². The Bertz CT molecular complexity index is 991. The molecular weight excluding hydrogens is 367 g/mol. The number of alkyl halides is 3. The number of benzene rings is 1. The van der Waals surface area contributed by atoms with Gasteiger partial charge in [0.1, 0.15) is 11.6 Å². The standard InChI is InChI=1S/C20H18F3N5/c21-20(22,23)15-5-6-18(25-7-15)27-9-13-11-28(12-14(13)10-27)19-8-24-16-3-1-2-4-17(16)26-19/h1-8,13-14H,9-12H2. The molecular formula is C20H18F3N5. The van der Waals surface area contributed by atoms with Crippen molar-refractivity contribution >= 4 is 22.7 Å². The first-order valence-corrected chi connectivity index (χ1v) is 9.22. The number of fused-ring (bicyclic) bond motifs is 2. The molecule has 2 saturated heterocycles. The van der Waals surface area contributed by atoms with E-state index in [1.165, 1.54) is 6.07 Å². The van der Waals surface area contributed by atoms with Gasteiger partial charge in [-0.2, -0.15) is 13.2 Å². The summed E-state index contributed by atoms with van der Waals surface area (Å²) in [6, 6.07) is 10.4. The lowest BCUT2D eigenvalue weighted by Crippen LogP contribution is -2.29. The molecule has 2 unspecified atom stereocenters. The second-order valence-electron chi connectivity index (χ2n) is 7.45. The molecule has 0 saturated carbocycles. The topological polar surface area (TPSA) is 45.2 Å². The molecule has 28 heavy (non-hydrogen) atoms. The summed E-state index contributed by atoms with van der Waals surface area (Å²) in [5, 5.41) is 0. The van der Waals surface area contributed by atoms with Crippen LogP contribution in [-0.4, -0.2) is 41.1 Å². The lowest BCUT2D eigenvalue weighted by atomic mass is 10.0. The van der Waals surface area contributed by atoms with Crippen molar-refractivity contribution in [3.05, 3.63) is 54.4 Å². The number of nitrogens with zero attached hydrogens (tertiary/aromatic N) is 5. The molecule has 5 rings (SSSR count). The zero-order valence-electron chi connectivity index (χ0n) is 15.0. The maximum Gasteiger partial charge on any atom is 0.417 e. The van der Waals surface area contributed by atoms with E-state index < -0.39 is 11.7 Å². The number of aromatic nitrogens is 3. The zero-order chi connectivity index (χ0) is 19.3. The molecule has 0 radical (unpaired) electrons. The Balaban J connectivity index is 1.28. The summed E-state index contributed by atoms with van der Waals surface area (Å²) in [7, 11) is 0. The van der Waals surface area contributed by atoms with Gasteiger partial charge in [-0.15, -0.1) is 0 Å². The summed E-state index contributed by atoms with van der Waals surface area (Å²) in [5.41, 5.74) is 1.05. The normalized spacial score (nSPS) is 22.1. The first kappa shape index (κ1) is 17.2. The molecule has 3 aromatic rings. The van der Waals surface area contributed by atoms with E-state index in [9.17, 15) is 13.2 Å². The number of hydrogen-bond acceptors (Lipinski definition) is 5. The van der Waals surface area contributed by atoms with Gasteiger partial charge in [0.25, 0.3) is 0 Å². The Morgan fingerprint density at radius 1 is 0.750 bits per heavy atom. The number of rotatable bonds is 2. The third-order valence-corrected chi connectivity index (χ3v) is 5.65. The maximum atomic E-state index is 12.7. The minimum atomic E-state index is -4.35. The highest BCUT2D eigenvalue weighted by Gasteiger charge is 2.41. The number of anilines is 2. The highest BCUT2D eigenvalue weighted by atomic mass is 19.4. The van der Waals surface area contributed by atoms with Crippen LogP contribution in [0.15, 0.2) is 48.8 Å². The summed E-state index contributed by atoms with van der Waals surface area (Å²) >= 11 is 0. The van der Waals surface area contributed by atoms with Gasteiger partial charge in [-0.1, -0.05) is 12.1 Å². The first-order chi connectivity index (χ1) is 13.5. The molecule has 4 heterocycles. The summed E-state index contributed by atoms with van der Waals surface area (Å²) in [5.74, 6) is 2.38. The Morgan fingerprint density at radius 3 is 2.00 bits per heavy atom. The van der Waals surface area contributed by atoms with Gasteiger partial charge in [0, 0.05) is 44.2 Å². The van der Waals surface area contributed by atoms with Crippen LogP contribution < -0.4 is 9.80 Å². The van der Waals surface area contributed by atoms with Crippen molar-refractivity contribution in [3.63, 3.8) is 0 Å². The van der Waals surface area contributed by atoms with E-state index in [4.69, 9.17) is 4.98 Å². The highest BCUT2D eigenvalue weighted by Crippen LogP contribution is 2.36. The van der Waals surface area contributed by atoms with Crippen LogP contribution >= 0.6 is 0 Å².